The summed E-state index contributed by atoms with van der Waals surface area (Å²) in [5.41, 5.74) is 0.771. The maximum absolute atomic E-state index is 12.2. The van der Waals surface area contributed by atoms with Gasteiger partial charge in [0.15, 0.2) is 5.78 Å². The topological polar surface area (TPSA) is 46.6 Å². The van der Waals surface area contributed by atoms with Crippen LogP contribution in [0, 0.1) is 0 Å². The van der Waals surface area contributed by atoms with Crippen molar-refractivity contribution in [3.05, 3.63) is 48.0 Å². The van der Waals surface area contributed by atoms with Crippen molar-refractivity contribution in [2.75, 3.05) is 6.54 Å². The van der Waals surface area contributed by atoms with Crippen LogP contribution >= 0.6 is 0 Å². The van der Waals surface area contributed by atoms with E-state index in [-0.39, 0.29) is 12.3 Å². The van der Waals surface area contributed by atoms with E-state index in [1.54, 1.807) is 27.7 Å². The number of hydrogen-bond acceptors (Lipinski definition) is 3. The van der Waals surface area contributed by atoms with Crippen LogP contribution < -0.4 is 0 Å². The minimum Gasteiger partial charge on any atom is -0.444 e. The van der Waals surface area contributed by atoms with Gasteiger partial charge in [-0.05, 0) is 38.8 Å². The van der Waals surface area contributed by atoms with Crippen molar-refractivity contribution in [3.63, 3.8) is 0 Å². The third-order valence-corrected chi connectivity index (χ3v) is 2.68. The Hall–Kier alpha value is -2.10. The molecule has 0 atom stereocenters. The van der Waals surface area contributed by atoms with E-state index in [1.165, 1.54) is 4.90 Å². The molecule has 0 unspecified atom stereocenters. The molecule has 21 heavy (non-hydrogen) atoms. The van der Waals surface area contributed by atoms with Gasteiger partial charge in [0.05, 0.1) is 6.54 Å². The van der Waals surface area contributed by atoms with Gasteiger partial charge in [-0.1, -0.05) is 36.9 Å². The summed E-state index contributed by atoms with van der Waals surface area (Å²) < 4.78 is 5.36. The molecular formula is C17H23NO3. The SMILES string of the molecule is C=C(C)C(=O)CN(Cc1ccccc1)C(=O)OC(C)(C)C. The third-order valence-electron chi connectivity index (χ3n) is 2.68. The molecule has 114 valence electrons. The molecule has 1 aromatic rings. The standard InChI is InChI=1S/C17H23NO3/c1-13(2)15(19)12-18(16(20)21-17(3,4)5)11-14-9-7-6-8-10-14/h6-10H,1,11-12H2,2-5H3. The van der Waals surface area contributed by atoms with Crippen LogP contribution in [-0.4, -0.2) is 28.9 Å². The molecule has 0 aliphatic carbocycles. The first-order valence-corrected chi connectivity index (χ1v) is 6.89. The van der Waals surface area contributed by atoms with Gasteiger partial charge in [0, 0.05) is 6.54 Å². The van der Waals surface area contributed by atoms with E-state index in [1.807, 2.05) is 30.3 Å². The molecule has 0 saturated carbocycles. The van der Waals surface area contributed by atoms with Crippen LogP contribution in [-0.2, 0) is 16.1 Å². The maximum Gasteiger partial charge on any atom is 0.411 e. The molecule has 0 N–H and O–H groups in total. The minimum absolute atomic E-state index is 0.0286. The molecule has 0 radical (unpaired) electrons. The Kier molecular flexibility index (Phi) is 5.70. The molecule has 4 heteroatoms. The van der Waals surface area contributed by atoms with Gasteiger partial charge < -0.3 is 4.74 Å². The largest absolute Gasteiger partial charge is 0.444 e. The number of amides is 1. The Bertz CT molecular complexity index is 515. The van der Waals surface area contributed by atoms with E-state index in [0.717, 1.165) is 5.56 Å². The Morgan fingerprint density at radius 3 is 2.24 bits per heavy atom. The number of ketones is 1. The highest BCUT2D eigenvalue weighted by Gasteiger charge is 2.24. The minimum atomic E-state index is -0.599. The van der Waals surface area contributed by atoms with Crippen LogP contribution in [0.3, 0.4) is 0 Å². The average Bonchev–Trinajstić information content (AvgIpc) is 2.36. The summed E-state index contributed by atoms with van der Waals surface area (Å²) in [4.78, 5) is 25.5. The van der Waals surface area contributed by atoms with Crippen molar-refractivity contribution in [1.29, 1.82) is 0 Å². The van der Waals surface area contributed by atoms with Crippen molar-refractivity contribution in [3.8, 4) is 0 Å². The highest BCUT2D eigenvalue weighted by molar-refractivity contribution is 5.97. The van der Waals surface area contributed by atoms with Gasteiger partial charge in [0.2, 0.25) is 0 Å². The number of carbonyl (C=O) groups is 2. The first-order chi connectivity index (χ1) is 9.69. The lowest BCUT2D eigenvalue weighted by Crippen LogP contribution is -2.39. The second-order valence-corrected chi connectivity index (χ2v) is 6.03. The van der Waals surface area contributed by atoms with Gasteiger partial charge in [0.1, 0.15) is 5.60 Å². The molecular weight excluding hydrogens is 266 g/mol. The maximum atomic E-state index is 12.2. The number of Topliss-reactive ketones (excluding diaryl/α,β-unsaturated/α-hetero) is 1. The fourth-order valence-corrected chi connectivity index (χ4v) is 1.62. The monoisotopic (exact) mass is 289 g/mol. The van der Waals surface area contributed by atoms with Gasteiger partial charge in [-0.15, -0.1) is 0 Å². The summed E-state index contributed by atoms with van der Waals surface area (Å²) in [6.45, 7) is 11.0. The zero-order chi connectivity index (χ0) is 16.0. The fourth-order valence-electron chi connectivity index (χ4n) is 1.62. The molecule has 0 aliphatic rings. The number of hydrogen-bond donors (Lipinski definition) is 0. The quantitative estimate of drug-likeness (QED) is 0.778. The average molecular weight is 289 g/mol. The lowest BCUT2D eigenvalue weighted by atomic mass is 10.1. The van der Waals surface area contributed by atoms with Crippen LogP contribution in [0.2, 0.25) is 0 Å². The van der Waals surface area contributed by atoms with Crippen molar-refractivity contribution in [1.82, 2.24) is 4.90 Å². The zero-order valence-corrected chi connectivity index (χ0v) is 13.2. The van der Waals surface area contributed by atoms with E-state index in [0.29, 0.717) is 12.1 Å². The predicted octanol–water partition coefficient (Wildman–Crippen LogP) is 3.57. The molecule has 0 bridgehead atoms. The first kappa shape index (κ1) is 17.0. The lowest BCUT2D eigenvalue weighted by Gasteiger charge is -2.27. The molecule has 0 spiro atoms. The van der Waals surface area contributed by atoms with Gasteiger partial charge >= 0.3 is 6.09 Å². The zero-order valence-electron chi connectivity index (χ0n) is 13.2. The highest BCUT2D eigenvalue weighted by atomic mass is 16.6. The Balaban J connectivity index is 2.86. The molecule has 1 aromatic carbocycles. The second-order valence-electron chi connectivity index (χ2n) is 6.03. The van der Waals surface area contributed by atoms with Crippen molar-refractivity contribution >= 4 is 11.9 Å². The van der Waals surface area contributed by atoms with E-state index >= 15 is 0 Å². The summed E-state index contributed by atoms with van der Waals surface area (Å²) in [5, 5.41) is 0. The normalized spacial score (nSPS) is 10.9. The highest BCUT2D eigenvalue weighted by Crippen LogP contribution is 2.13. The van der Waals surface area contributed by atoms with Crippen molar-refractivity contribution < 1.29 is 14.3 Å². The second kappa shape index (κ2) is 7.07. The Morgan fingerprint density at radius 2 is 1.76 bits per heavy atom. The Morgan fingerprint density at radius 1 is 1.19 bits per heavy atom. The summed E-state index contributed by atoms with van der Waals surface area (Å²) in [6.07, 6.45) is -0.499. The van der Waals surface area contributed by atoms with E-state index in [9.17, 15) is 9.59 Å². The van der Waals surface area contributed by atoms with Gasteiger partial charge in [-0.25, -0.2) is 4.79 Å². The van der Waals surface area contributed by atoms with E-state index in [4.69, 9.17) is 4.74 Å². The molecule has 0 aliphatic heterocycles. The molecule has 0 fully saturated rings. The lowest BCUT2D eigenvalue weighted by molar-refractivity contribution is -0.116. The van der Waals surface area contributed by atoms with Crippen LogP contribution in [0.4, 0.5) is 4.79 Å². The number of carbonyl (C=O) groups excluding carboxylic acids is 2. The number of ether oxygens (including phenoxy) is 1. The van der Waals surface area contributed by atoms with Crippen LogP contribution in [0.5, 0.6) is 0 Å². The summed E-state index contributed by atoms with van der Waals surface area (Å²) in [6, 6.07) is 9.50. The predicted molar refractivity (Wildman–Crippen MR) is 82.9 cm³/mol. The van der Waals surface area contributed by atoms with Crippen LogP contribution in [0.15, 0.2) is 42.5 Å². The van der Waals surface area contributed by atoms with Crippen LogP contribution in [0.1, 0.15) is 33.3 Å². The third kappa shape index (κ3) is 6.25. The van der Waals surface area contributed by atoms with Crippen molar-refractivity contribution in [2.24, 2.45) is 0 Å². The molecule has 0 aromatic heterocycles. The van der Waals surface area contributed by atoms with Crippen molar-refractivity contribution in [2.45, 2.75) is 39.8 Å². The summed E-state index contributed by atoms with van der Waals surface area (Å²) >= 11 is 0. The Labute approximate surface area is 126 Å². The number of nitrogens with zero attached hydrogens (tertiary/aromatic N) is 1. The molecule has 0 saturated heterocycles. The van der Waals surface area contributed by atoms with E-state index < -0.39 is 11.7 Å². The number of benzene rings is 1. The molecule has 0 heterocycles. The molecule has 4 nitrogen and oxygen atoms in total. The molecule has 1 amide bonds. The molecule has 1 rings (SSSR count). The van der Waals surface area contributed by atoms with Gasteiger partial charge in [0.25, 0.3) is 0 Å². The van der Waals surface area contributed by atoms with Gasteiger partial charge in [-0.3, -0.25) is 9.69 Å². The first-order valence-electron chi connectivity index (χ1n) is 6.89. The number of rotatable bonds is 5. The smallest absolute Gasteiger partial charge is 0.411 e. The van der Waals surface area contributed by atoms with E-state index in [2.05, 4.69) is 6.58 Å². The van der Waals surface area contributed by atoms with Crippen LogP contribution in [0.25, 0.3) is 0 Å². The summed E-state index contributed by atoms with van der Waals surface area (Å²) in [7, 11) is 0. The van der Waals surface area contributed by atoms with Gasteiger partial charge in [-0.2, -0.15) is 0 Å². The fraction of sp³-hybridized carbons (Fsp3) is 0.412. The summed E-state index contributed by atoms with van der Waals surface area (Å²) in [5.74, 6) is -0.170.